The molecular weight excluding hydrogens is 907 g/mol. The van der Waals surface area contributed by atoms with Gasteiger partial charge in [0.1, 0.15) is 23.4 Å². The number of ketones is 1. The Kier molecular flexibility index (Phi) is 16.6. The maximum atomic E-state index is 14.8. The van der Waals surface area contributed by atoms with Crippen LogP contribution in [0.2, 0.25) is 0 Å². The summed E-state index contributed by atoms with van der Waals surface area (Å²) in [6.07, 6.45) is 18.6. The number of unbranched alkanes of at least 4 members (excludes halogenated alkanes) is 5. The molecule has 3 aliphatic heterocycles. The van der Waals surface area contributed by atoms with Gasteiger partial charge in [0.2, 0.25) is 0 Å². The Labute approximate surface area is 419 Å². The molecule has 0 radical (unpaired) electrons. The van der Waals surface area contributed by atoms with Gasteiger partial charge in [-0.2, -0.15) is 5.10 Å². The van der Waals surface area contributed by atoms with Crippen LogP contribution in [-0.4, -0.2) is 104 Å². The van der Waals surface area contributed by atoms with E-state index in [4.69, 9.17) is 24.0 Å². The molecule has 9 unspecified atom stereocenters. The second-order valence-corrected chi connectivity index (χ2v) is 21.9. The van der Waals surface area contributed by atoms with E-state index in [0.29, 0.717) is 24.3 Å². The summed E-state index contributed by atoms with van der Waals surface area (Å²) < 4.78 is 24.0. The van der Waals surface area contributed by atoms with Crippen LogP contribution >= 0.6 is 0 Å². The number of methoxy groups -OCH3 is 1. The number of fused-ring (bicyclic) bond motifs is 14. The third kappa shape index (κ3) is 10.7. The molecule has 9 bridgehead atoms. The third-order valence-corrected chi connectivity index (χ3v) is 16.6. The number of phenolic OH excluding ortho intramolecular Hbond substituents is 3. The van der Waals surface area contributed by atoms with Crippen molar-refractivity contribution in [2.45, 2.75) is 175 Å². The van der Waals surface area contributed by atoms with E-state index in [-0.39, 0.29) is 50.0 Å². The molecule has 6 N–H and O–H groups in total. The minimum absolute atomic E-state index is 0.0655. The molecule has 7 aliphatic rings. The molecule has 4 fully saturated rings. The number of aliphatic hydroxyl groups is 2. The summed E-state index contributed by atoms with van der Waals surface area (Å²) in [4.78, 5) is 41.5. The number of hydrogen-bond donors (Lipinski definition) is 6. The third-order valence-electron chi connectivity index (χ3n) is 16.6. The van der Waals surface area contributed by atoms with Gasteiger partial charge in [0.05, 0.1) is 58.5 Å². The summed E-state index contributed by atoms with van der Waals surface area (Å²) in [7, 11) is 1.46. The SMILES string of the molecule is CCCCCCCCN(/N=C\c1c2c(O)c3c(O)c(C)c4c(c3c1O)C(=O)C(C)(O/C=C/C(OC)C(C)C(OC(C)=O)C(C)C(O)C(C)C(O)C(C)/C=C/C=C(\C)C(=O)N2)O4)C12CC3CC(CC(C3)C1)C2. The molecule has 3 heterocycles. The van der Waals surface area contributed by atoms with Crippen LogP contribution in [-0.2, 0) is 23.8 Å². The molecule has 0 aromatic heterocycles. The van der Waals surface area contributed by atoms with E-state index < -0.39 is 88.8 Å². The van der Waals surface area contributed by atoms with Gasteiger partial charge in [-0.05, 0) is 82.6 Å². The molecule has 4 aliphatic carbocycles. The van der Waals surface area contributed by atoms with E-state index in [9.17, 15) is 39.9 Å². The predicted octanol–water partition coefficient (Wildman–Crippen LogP) is 9.72. The van der Waals surface area contributed by atoms with Crippen molar-refractivity contribution >= 4 is 40.3 Å². The number of esters is 1. The van der Waals surface area contributed by atoms with Gasteiger partial charge in [-0.1, -0.05) is 85.0 Å². The number of hydrogen-bond acceptors (Lipinski definition) is 14. The normalized spacial score (nSPS) is 34.8. The number of Topliss-reactive ketones (excluding diaryl/α,β-unsaturated/α-hetero) is 1. The first-order valence-electron chi connectivity index (χ1n) is 26.1. The predicted molar refractivity (Wildman–Crippen MR) is 272 cm³/mol. The largest absolute Gasteiger partial charge is 0.507 e. The number of carbonyl (C=O) groups is 3. The van der Waals surface area contributed by atoms with Gasteiger partial charge in [-0.25, -0.2) is 0 Å². The number of aromatic hydroxyl groups is 3. The maximum Gasteiger partial charge on any atom is 0.312 e. The average Bonchev–Trinajstić information content (AvgIpc) is 3.59. The summed E-state index contributed by atoms with van der Waals surface area (Å²) >= 11 is 0. The number of rotatable bonds is 12. The van der Waals surface area contributed by atoms with Crippen molar-refractivity contribution in [3.63, 3.8) is 0 Å². The topological polar surface area (TPSA) is 217 Å². The van der Waals surface area contributed by atoms with Crippen molar-refractivity contribution in [3.8, 4) is 23.0 Å². The van der Waals surface area contributed by atoms with E-state index >= 15 is 0 Å². The van der Waals surface area contributed by atoms with Gasteiger partial charge in [-0.3, -0.25) is 19.4 Å². The van der Waals surface area contributed by atoms with E-state index in [0.717, 1.165) is 44.9 Å². The Bertz CT molecular complexity index is 2410. The quantitative estimate of drug-likeness (QED) is 0.0292. The first kappa shape index (κ1) is 53.7. The van der Waals surface area contributed by atoms with E-state index in [2.05, 4.69) is 17.2 Å². The molecule has 4 saturated carbocycles. The van der Waals surface area contributed by atoms with Gasteiger partial charge in [0.25, 0.3) is 11.7 Å². The summed E-state index contributed by atoms with van der Waals surface area (Å²) in [6.45, 7) is 15.6. The van der Waals surface area contributed by atoms with Gasteiger partial charge in [-0.15, -0.1) is 0 Å². The molecule has 0 spiro atoms. The number of nitrogens with zero attached hydrogens (tertiary/aromatic N) is 2. The fraction of sp³-hybridized carbons (Fsp3) is 0.643. The summed E-state index contributed by atoms with van der Waals surface area (Å²) in [6, 6.07) is 0. The first-order valence-corrected chi connectivity index (χ1v) is 26.1. The van der Waals surface area contributed by atoms with E-state index in [1.807, 2.05) is 0 Å². The summed E-state index contributed by atoms with van der Waals surface area (Å²) in [5, 5.41) is 69.9. The Hall–Kier alpha value is -5.12. The molecule has 1 amide bonds. The van der Waals surface area contributed by atoms with Crippen molar-refractivity contribution in [1.82, 2.24) is 5.01 Å². The van der Waals surface area contributed by atoms with Crippen LogP contribution in [0.25, 0.3) is 10.8 Å². The second-order valence-electron chi connectivity index (χ2n) is 21.9. The standard InChI is InChI=1S/C56H79N3O12/c1-11-12-13-14-15-16-21-59(56-26-37-23-38(27-56)25-39(24-37)28-56)57-29-40-45-50(65)43-42(49(40)64)44-52(35(7)48(43)63)71-55(9,53(44)66)69-22-20-41(68-10)32(4)51(70-36(8)60)34(6)47(62)33(5)46(61)30(2)18-17-19-31(3)54(67)58-45/h17-20,22,29-30,32-34,37-39,41,46-47,51,61-65H,11-16,21,23-28H2,1-10H3,(H,58,67)/b18-17+,22-20+,31-19+,57-29-. The highest BCUT2D eigenvalue weighted by Crippen LogP contribution is 2.59. The van der Waals surface area contributed by atoms with E-state index in [1.165, 1.54) is 78.5 Å². The smallest absolute Gasteiger partial charge is 0.312 e. The van der Waals surface area contributed by atoms with Crippen LogP contribution in [0.1, 0.15) is 154 Å². The van der Waals surface area contributed by atoms with Gasteiger partial charge in [0.15, 0.2) is 5.75 Å². The van der Waals surface area contributed by atoms with Crippen LogP contribution in [0.15, 0.2) is 41.2 Å². The Morgan fingerprint density at radius 1 is 0.873 bits per heavy atom. The lowest BCUT2D eigenvalue weighted by Crippen LogP contribution is -2.58. The van der Waals surface area contributed by atoms with Crippen molar-refractivity contribution < 1.29 is 58.9 Å². The number of allylic oxidation sites excluding steroid dienone is 2. The zero-order chi connectivity index (χ0) is 51.7. The molecule has 71 heavy (non-hydrogen) atoms. The minimum atomic E-state index is -2.05. The zero-order valence-electron chi connectivity index (χ0n) is 43.5. The molecule has 15 nitrogen and oxygen atoms in total. The first-order chi connectivity index (χ1) is 33.7. The fourth-order valence-corrected chi connectivity index (χ4v) is 12.8. The highest BCUT2D eigenvalue weighted by molar-refractivity contribution is 6.23. The van der Waals surface area contributed by atoms with Crippen LogP contribution in [0, 0.1) is 48.3 Å². The maximum absolute atomic E-state index is 14.8. The second kappa shape index (κ2) is 21.9. The lowest BCUT2D eigenvalue weighted by Gasteiger charge is -2.59. The molecule has 9 atom stereocenters. The number of anilines is 1. The number of nitrogens with one attached hydrogen (secondary N) is 1. The Morgan fingerprint density at radius 2 is 1.51 bits per heavy atom. The number of phenols is 3. The van der Waals surface area contributed by atoms with Crippen LogP contribution in [0.3, 0.4) is 0 Å². The molecule has 390 valence electrons. The molecule has 2 aromatic rings. The van der Waals surface area contributed by atoms with Crippen molar-refractivity contribution in [3.05, 3.63) is 52.8 Å². The Balaban J connectivity index is 1.37. The zero-order valence-corrected chi connectivity index (χ0v) is 43.5. The van der Waals surface area contributed by atoms with Crippen molar-refractivity contribution in [2.75, 3.05) is 19.0 Å². The van der Waals surface area contributed by atoms with Crippen molar-refractivity contribution in [1.29, 1.82) is 0 Å². The number of carbonyl (C=O) groups excluding carboxylic acids is 3. The monoisotopic (exact) mass is 986 g/mol. The molecule has 9 rings (SSSR count). The van der Waals surface area contributed by atoms with E-state index in [1.54, 1.807) is 52.8 Å². The number of ether oxygens (including phenoxy) is 4. The van der Waals surface area contributed by atoms with Gasteiger partial charge >= 0.3 is 11.8 Å². The van der Waals surface area contributed by atoms with Gasteiger partial charge < -0.3 is 49.8 Å². The molecule has 2 aromatic carbocycles. The molecular formula is C56H79N3O12. The van der Waals surface area contributed by atoms with Crippen LogP contribution in [0.4, 0.5) is 5.69 Å². The summed E-state index contributed by atoms with van der Waals surface area (Å²) in [5.41, 5.74) is -0.324. The van der Waals surface area contributed by atoms with Crippen molar-refractivity contribution in [2.24, 2.45) is 46.5 Å². The Morgan fingerprint density at radius 3 is 2.13 bits per heavy atom. The molecule has 0 saturated heterocycles. The van der Waals surface area contributed by atoms with Crippen LogP contribution < -0.4 is 10.1 Å². The number of benzene rings is 2. The highest BCUT2D eigenvalue weighted by atomic mass is 16.7. The number of hydrazone groups is 1. The number of amides is 1. The molecule has 15 heteroatoms. The van der Waals surface area contributed by atoms with Gasteiger partial charge in [0, 0.05) is 67.7 Å². The number of aliphatic hydroxyl groups excluding tert-OH is 2. The van der Waals surface area contributed by atoms with Crippen LogP contribution in [0.5, 0.6) is 23.0 Å². The lowest BCUT2D eigenvalue weighted by atomic mass is 9.52. The highest BCUT2D eigenvalue weighted by Gasteiger charge is 2.54. The lowest BCUT2D eigenvalue weighted by molar-refractivity contribution is -0.160. The average molecular weight is 986 g/mol. The minimum Gasteiger partial charge on any atom is -0.507 e. The fourth-order valence-electron chi connectivity index (χ4n) is 12.8. The summed E-state index contributed by atoms with van der Waals surface area (Å²) in [5.74, 6) is -6.28.